The van der Waals surface area contributed by atoms with E-state index in [1.54, 1.807) is 26.4 Å². The fourth-order valence-electron chi connectivity index (χ4n) is 6.91. The molecule has 0 unspecified atom stereocenters. The average molecular weight is 675 g/mol. The minimum Gasteiger partial charge on any atom is -0.493 e. The van der Waals surface area contributed by atoms with Crippen LogP contribution in [0, 0.1) is 11.8 Å². The summed E-state index contributed by atoms with van der Waals surface area (Å²) in [4.78, 5) is 22.9. The first-order chi connectivity index (χ1) is 23.6. The molecule has 49 heavy (non-hydrogen) atoms. The van der Waals surface area contributed by atoms with E-state index in [-0.39, 0.29) is 17.8 Å². The number of rotatable bonds is 8. The number of carboxylic acid groups (broad SMARTS) is 1. The molecule has 5 heterocycles. The Balaban J connectivity index is 1.27. The van der Waals surface area contributed by atoms with Gasteiger partial charge in [-0.15, -0.1) is 0 Å². The van der Waals surface area contributed by atoms with Crippen molar-refractivity contribution >= 4 is 11.9 Å². The molecule has 3 aromatic carbocycles. The maximum atomic E-state index is 11.9. The minimum atomic E-state index is -2.19. The van der Waals surface area contributed by atoms with Crippen LogP contribution in [0.3, 0.4) is 0 Å². The van der Waals surface area contributed by atoms with Crippen molar-refractivity contribution < 1.29 is 63.2 Å². The lowest BCUT2D eigenvalue weighted by Crippen LogP contribution is -2.68. The first kappa shape index (κ1) is 32.5. The van der Waals surface area contributed by atoms with E-state index >= 15 is 0 Å². The molecule has 13 nitrogen and oxygen atoms in total. The van der Waals surface area contributed by atoms with Gasteiger partial charge in [-0.05, 0) is 17.7 Å². The van der Waals surface area contributed by atoms with Crippen LogP contribution < -0.4 is 23.7 Å². The van der Waals surface area contributed by atoms with E-state index in [4.69, 9.17) is 38.3 Å². The fourth-order valence-corrected chi connectivity index (χ4v) is 6.91. The highest BCUT2D eigenvalue weighted by atomic mass is 16.7. The molecule has 1 saturated heterocycles. The quantitative estimate of drug-likeness (QED) is 0.155. The summed E-state index contributed by atoms with van der Waals surface area (Å²) in [5.41, 5.74) is 0.842. The number of carboxylic acids is 1. The van der Waals surface area contributed by atoms with E-state index in [9.17, 15) is 24.9 Å². The highest BCUT2D eigenvalue weighted by molar-refractivity contribution is 5.90. The van der Waals surface area contributed by atoms with Crippen LogP contribution in [0.4, 0.5) is 0 Å². The van der Waals surface area contributed by atoms with E-state index in [1.165, 1.54) is 0 Å². The molecular weight excluding hydrogens is 640 g/mol. The third-order valence-electron chi connectivity index (χ3n) is 9.34. The van der Waals surface area contributed by atoms with Crippen molar-refractivity contribution in [2.45, 2.75) is 67.6 Å². The molecule has 5 aliphatic heterocycles. The van der Waals surface area contributed by atoms with Crippen LogP contribution in [0.2, 0.25) is 0 Å². The molecule has 0 aliphatic carbocycles. The number of fused-ring (bicyclic) bond motifs is 8. The van der Waals surface area contributed by atoms with Crippen molar-refractivity contribution in [3.8, 4) is 40.6 Å². The second-order valence-electron chi connectivity index (χ2n) is 12.3. The topological polar surface area (TPSA) is 180 Å². The van der Waals surface area contributed by atoms with Gasteiger partial charge in [0.2, 0.25) is 12.0 Å². The minimum absolute atomic E-state index is 0.170. The van der Waals surface area contributed by atoms with E-state index < -0.39 is 67.7 Å². The van der Waals surface area contributed by atoms with Crippen molar-refractivity contribution in [1.29, 1.82) is 0 Å². The monoisotopic (exact) mass is 674 g/mol. The number of hydrogen-bond donors (Lipinski definition) is 4. The highest BCUT2D eigenvalue weighted by Crippen LogP contribution is 2.59. The fraction of sp³-hybridized carbons (Fsp3) is 0.389. The predicted octanol–water partition coefficient (Wildman–Crippen LogP) is 2.25. The smallest absolute Gasteiger partial charge is 0.317 e. The molecule has 13 heteroatoms. The molecule has 0 aromatic heterocycles. The number of carbonyl (C=O) groups excluding carboxylic acids is 1. The van der Waals surface area contributed by atoms with Gasteiger partial charge in [-0.25, -0.2) is 0 Å². The average Bonchev–Trinajstić information content (AvgIpc) is 3.48. The summed E-state index contributed by atoms with van der Waals surface area (Å²) in [6.07, 6.45) is -8.13. The molecule has 0 saturated carbocycles. The number of esters is 1. The summed E-state index contributed by atoms with van der Waals surface area (Å²) in [7, 11) is 3.11. The van der Waals surface area contributed by atoms with E-state index in [1.807, 2.05) is 42.5 Å². The molecule has 8 rings (SSSR count). The molecule has 1 fully saturated rings. The number of carbonyl (C=O) groups is 2. The Morgan fingerprint density at radius 2 is 1.78 bits per heavy atom. The Hall–Kier alpha value is -5.00. The number of aliphatic hydroxyl groups is 3. The third-order valence-corrected chi connectivity index (χ3v) is 9.34. The lowest BCUT2D eigenvalue weighted by Gasteiger charge is -2.47. The Labute approximate surface area is 280 Å². The molecule has 0 radical (unpaired) electrons. The zero-order chi connectivity index (χ0) is 34.4. The van der Waals surface area contributed by atoms with Gasteiger partial charge in [-0.2, -0.15) is 0 Å². The Kier molecular flexibility index (Phi) is 8.50. The number of benzene rings is 3. The van der Waals surface area contributed by atoms with Gasteiger partial charge in [0.15, 0.2) is 11.5 Å². The summed E-state index contributed by atoms with van der Waals surface area (Å²) in [6, 6.07) is 17.1. The second kappa shape index (κ2) is 12.8. The summed E-state index contributed by atoms with van der Waals surface area (Å²) in [5, 5.41) is 42.3. The van der Waals surface area contributed by atoms with Crippen LogP contribution in [0.15, 0.2) is 54.6 Å². The van der Waals surface area contributed by atoms with Gasteiger partial charge in [0.05, 0.1) is 25.7 Å². The zero-order valence-corrected chi connectivity index (χ0v) is 26.5. The van der Waals surface area contributed by atoms with Crippen molar-refractivity contribution in [3.63, 3.8) is 0 Å². The van der Waals surface area contributed by atoms with Gasteiger partial charge >= 0.3 is 11.9 Å². The van der Waals surface area contributed by atoms with Gasteiger partial charge < -0.3 is 53.6 Å². The predicted molar refractivity (Wildman–Crippen MR) is 168 cm³/mol. The van der Waals surface area contributed by atoms with Crippen LogP contribution >= 0.6 is 0 Å². The van der Waals surface area contributed by atoms with Gasteiger partial charge in [0.1, 0.15) is 60.6 Å². The van der Waals surface area contributed by atoms with E-state index in [2.05, 4.69) is 11.8 Å². The molecule has 4 N–H and O–H groups in total. The molecule has 3 aromatic rings. The van der Waals surface area contributed by atoms with Crippen LogP contribution in [0.5, 0.6) is 28.7 Å². The molecule has 5 aliphatic rings. The zero-order valence-electron chi connectivity index (χ0n) is 26.5. The van der Waals surface area contributed by atoms with E-state index in [0.717, 1.165) is 11.1 Å². The number of ether oxygens (including phenoxy) is 7. The normalized spacial score (nSPS) is 28.8. The highest BCUT2D eigenvalue weighted by Gasteiger charge is 2.56. The maximum Gasteiger partial charge on any atom is 0.317 e. The number of hydrogen-bond acceptors (Lipinski definition) is 12. The summed E-state index contributed by atoms with van der Waals surface area (Å²) < 4.78 is 41.6. The van der Waals surface area contributed by atoms with E-state index in [0.29, 0.717) is 40.5 Å². The van der Waals surface area contributed by atoms with Crippen molar-refractivity contribution in [2.75, 3.05) is 20.8 Å². The Morgan fingerprint density at radius 1 is 0.980 bits per heavy atom. The van der Waals surface area contributed by atoms with Crippen LogP contribution in [-0.4, -0.2) is 89.5 Å². The molecule has 8 atom stereocenters. The molecule has 0 spiro atoms. The van der Waals surface area contributed by atoms with Gasteiger partial charge in [0, 0.05) is 30.0 Å². The standard InChI is InChI=1S/C36H34O13/c1-43-22-11-10-20-29-25(13-18-7-4-3-5-8-18)46-24-15-23-19(14-21(24)31(29)49-32(20)33(22)44-2)9-6-12-36(42)26(17-45-28(39)16-27(37)38)48-35(47-23)30(40)34(36)41/h3-5,7-8,10-11,14-15,25-26,29-31,34-35,40-42H,12-13,16-17H2,1-2H3,(H,37,38)/t25-,26+,29+,30+,31+,34+,35+,36+/m0/s1. The Bertz CT molecular complexity index is 1830. The van der Waals surface area contributed by atoms with Crippen molar-refractivity contribution in [1.82, 2.24) is 0 Å². The molecule has 0 amide bonds. The number of aliphatic carboxylic acids is 1. The molecular formula is C36H34O13. The molecule has 2 bridgehead atoms. The van der Waals surface area contributed by atoms with Gasteiger partial charge in [-0.3, -0.25) is 9.59 Å². The summed E-state index contributed by atoms with van der Waals surface area (Å²) >= 11 is 0. The van der Waals surface area contributed by atoms with Crippen molar-refractivity contribution in [2.24, 2.45) is 0 Å². The third kappa shape index (κ3) is 5.76. The maximum absolute atomic E-state index is 11.9. The van der Waals surface area contributed by atoms with Crippen LogP contribution in [0.1, 0.15) is 47.1 Å². The SMILES string of the molecule is COc1ccc2c(c1OC)O[C@@H]1c3cc4c(cc3O[C@@H](Cc3ccccc3)[C@@H]21)O[C@@H]1O[C@H](COC(=O)CC(=O)O)[C@](O)(CC#C4)[C@H](O)[C@H]1O. The van der Waals surface area contributed by atoms with Crippen LogP contribution in [0.25, 0.3) is 0 Å². The number of aliphatic hydroxyl groups excluding tert-OH is 2. The van der Waals surface area contributed by atoms with Gasteiger partial charge in [0.25, 0.3) is 0 Å². The first-order valence-corrected chi connectivity index (χ1v) is 15.7. The Morgan fingerprint density at radius 3 is 2.51 bits per heavy atom. The van der Waals surface area contributed by atoms with Gasteiger partial charge in [-0.1, -0.05) is 48.2 Å². The first-order valence-electron chi connectivity index (χ1n) is 15.7. The summed E-state index contributed by atoms with van der Waals surface area (Å²) in [5.74, 6) is 5.31. The summed E-state index contributed by atoms with van der Waals surface area (Å²) in [6.45, 7) is -0.621. The van der Waals surface area contributed by atoms with Crippen LogP contribution in [-0.2, 0) is 25.5 Å². The number of methoxy groups -OCH3 is 2. The second-order valence-corrected chi connectivity index (χ2v) is 12.3. The lowest BCUT2D eigenvalue weighted by molar-refractivity contribution is -0.312. The molecule has 256 valence electrons. The largest absolute Gasteiger partial charge is 0.493 e. The lowest BCUT2D eigenvalue weighted by atomic mass is 9.80. The van der Waals surface area contributed by atoms with Crippen molar-refractivity contribution in [3.05, 3.63) is 76.9 Å².